The number of nitrogens with one attached hydrogen (secondary N) is 1. The molecule has 0 bridgehead atoms. The van der Waals surface area contributed by atoms with Gasteiger partial charge in [0.2, 0.25) is 10.0 Å². The first-order valence-electron chi connectivity index (χ1n) is 6.27. The Hall–Kier alpha value is -1.28. The Morgan fingerprint density at radius 2 is 2.00 bits per heavy atom. The van der Waals surface area contributed by atoms with Gasteiger partial charge in [0.05, 0.1) is 0 Å². The van der Waals surface area contributed by atoms with Gasteiger partial charge in [0.1, 0.15) is 16.8 Å². The van der Waals surface area contributed by atoms with Gasteiger partial charge in [-0.05, 0) is 31.2 Å². The fourth-order valence-electron chi connectivity index (χ4n) is 1.85. The Morgan fingerprint density at radius 3 is 2.57 bits per heavy atom. The molecule has 2 aromatic rings. The second-order valence-electron chi connectivity index (χ2n) is 4.46. The Morgan fingerprint density at radius 1 is 1.29 bits per heavy atom. The van der Waals surface area contributed by atoms with E-state index in [1.54, 1.807) is 0 Å². The van der Waals surface area contributed by atoms with Crippen LogP contribution in [-0.2, 0) is 14.8 Å². The molecule has 1 aromatic carbocycles. The molecule has 1 atom stereocenters. The number of methoxy groups -OCH3 is 1. The van der Waals surface area contributed by atoms with Crippen LogP contribution in [0.3, 0.4) is 0 Å². The third-order valence-corrected chi connectivity index (χ3v) is 5.50. The van der Waals surface area contributed by atoms with E-state index in [1.807, 2.05) is 19.1 Å². The molecule has 21 heavy (non-hydrogen) atoms. The largest absolute Gasteiger partial charge is 0.375 e. The molecule has 0 fully saturated rings. The number of hydrogen-bond acceptors (Lipinski definition) is 4. The van der Waals surface area contributed by atoms with E-state index >= 15 is 0 Å². The van der Waals surface area contributed by atoms with Crippen LogP contribution in [0.15, 0.2) is 41.3 Å². The molecule has 114 valence electrons. The Balaban J connectivity index is 2.12. The van der Waals surface area contributed by atoms with E-state index in [9.17, 15) is 12.8 Å². The number of rotatable bonds is 6. The molecule has 1 heterocycles. The molecule has 0 radical (unpaired) electrons. The number of ether oxygens (including phenoxy) is 1. The summed E-state index contributed by atoms with van der Waals surface area (Å²) < 4.78 is 45.5. The molecule has 0 aliphatic rings. The molecular formula is C14H16FNO3S2. The Labute approximate surface area is 127 Å². The number of benzene rings is 1. The first-order valence-corrected chi connectivity index (χ1v) is 8.57. The molecule has 0 aliphatic heterocycles. The van der Waals surface area contributed by atoms with Gasteiger partial charge in [0.25, 0.3) is 0 Å². The van der Waals surface area contributed by atoms with Crippen LogP contribution >= 0.6 is 11.3 Å². The first kappa shape index (κ1) is 16.1. The van der Waals surface area contributed by atoms with Crippen molar-refractivity contribution in [2.24, 2.45) is 0 Å². The Kier molecular flexibility index (Phi) is 5.10. The minimum absolute atomic E-state index is 0.0487. The van der Waals surface area contributed by atoms with Crippen molar-refractivity contribution in [1.82, 2.24) is 4.72 Å². The summed E-state index contributed by atoms with van der Waals surface area (Å²) in [7, 11) is -2.39. The van der Waals surface area contributed by atoms with Crippen LogP contribution in [0.2, 0.25) is 0 Å². The van der Waals surface area contributed by atoms with Crippen molar-refractivity contribution in [2.75, 3.05) is 13.7 Å². The van der Waals surface area contributed by atoms with Crippen molar-refractivity contribution in [3.63, 3.8) is 0 Å². The van der Waals surface area contributed by atoms with Crippen LogP contribution in [0.5, 0.6) is 0 Å². The van der Waals surface area contributed by atoms with Crippen LogP contribution in [0, 0.1) is 12.7 Å². The van der Waals surface area contributed by atoms with E-state index in [4.69, 9.17) is 4.74 Å². The van der Waals surface area contributed by atoms with Crippen molar-refractivity contribution >= 4 is 21.4 Å². The Bertz CT molecular complexity index is 713. The molecule has 2 rings (SSSR count). The summed E-state index contributed by atoms with van der Waals surface area (Å²) in [6, 6.07) is 9.11. The standard InChI is InChI=1S/C14H16FNO3S2/c1-10-7-8-13(20-10)12(19-2)9-16-21(17,18)14-6-4-3-5-11(14)15/h3-8,12,16H,9H2,1-2H3. The fourth-order valence-corrected chi connectivity index (χ4v) is 3.92. The number of sulfonamides is 1. The smallest absolute Gasteiger partial charge is 0.243 e. The topological polar surface area (TPSA) is 55.4 Å². The normalized spacial score (nSPS) is 13.3. The molecule has 7 heteroatoms. The molecule has 1 aromatic heterocycles. The van der Waals surface area contributed by atoms with E-state index in [-0.39, 0.29) is 11.4 Å². The van der Waals surface area contributed by atoms with Gasteiger partial charge in [0.15, 0.2) is 0 Å². The summed E-state index contributed by atoms with van der Waals surface area (Å²) >= 11 is 1.54. The number of hydrogen-bond donors (Lipinski definition) is 1. The molecule has 4 nitrogen and oxygen atoms in total. The third kappa shape index (κ3) is 3.88. The highest BCUT2D eigenvalue weighted by Crippen LogP contribution is 2.25. The summed E-state index contributed by atoms with van der Waals surface area (Å²) in [6.07, 6.45) is -0.398. The molecule has 0 aliphatic carbocycles. The van der Waals surface area contributed by atoms with Gasteiger partial charge in [0, 0.05) is 23.4 Å². The highest BCUT2D eigenvalue weighted by atomic mass is 32.2. The molecular weight excluding hydrogens is 313 g/mol. The van der Waals surface area contributed by atoms with Gasteiger partial charge in [-0.2, -0.15) is 0 Å². The quantitative estimate of drug-likeness (QED) is 0.886. The number of halogens is 1. The van der Waals surface area contributed by atoms with Crippen LogP contribution in [0.1, 0.15) is 15.9 Å². The predicted molar refractivity (Wildman–Crippen MR) is 80.4 cm³/mol. The SMILES string of the molecule is COC(CNS(=O)(=O)c1ccccc1F)c1ccc(C)s1. The summed E-state index contributed by atoms with van der Waals surface area (Å²) in [5.74, 6) is -0.772. The van der Waals surface area contributed by atoms with Gasteiger partial charge >= 0.3 is 0 Å². The zero-order chi connectivity index (χ0) is 15.5. The second-order valence-corrected chi connectivity index (χ2v) is 7.51. The maximum absolute atomic E-state index is 13.6. The average Bonchev–Trinajstić information content (AvgIpc) is 2.86. The van der Waals surface area contributed by atoms with E-state index < -0.39 is 21.9 Å². The van der Waals surface area contributed by atoms with Gasteiger partial charge in [-0.25, -0.2) is 17.5 Å². The van der Waals surface area contributed by atoms with Gasteiger partial charge < -0.3 is 4.74 Å². The molecule has 0 spiro atoms. The van der Waals surface area contributed by atoms with Gasteiger partial charge in [-0.15, -0.1) is 11.3 Å². The van der Waals surface area contributed by atoms with Crippen LogP contribution < -0.4 is 4.72 Å². The maximum atomic E-state index is 13.6. The minimum atomic E-state index is -3.90. The summed E-state index contributed by atoms with van der Waals surface area (Å²) in [5.41, 5.74) is 0. The highest BCUT2D eigenvalue weighted by Gasteiger charge is 2.21. The van der Waals surface area contributed by atoms with E-state index in [1.165, 1.54) is 36.6 Å². The zero-order valence-corrected chi connectivity index (χ0v) is 13.3. The molecule has 0 saturated carbocycles. The van der Waals surface area contributed by atoms with Crippen LogP contribution in [-0.4, -0.2) is 22.1 Å². The van der Waals surface area contributed by atoms with Crippen molar-refractivity contribution in [3.8, 4) is 0 Å². The fraction of sp³-hybridized carbons (Fsp3) is 0.286. The third-order valence-electron chi connectivity index (χ3n) is 2.95. The van der Waals surface area contributed by atoms with Crippen molar-refractivity contribution in [3.05, 3.63) is 52.0 Å². The van der Waals surface area contributed by atoms with Crippen molar-refractivity contribution in [1.29, 1.82) is 0 Å². The first-order chi connectivity index (χ1) is 9.94. The summed E-state index contributed by atoms with van der Waals surface area (Å²) in [4.78, 5) is 1.68. The molecule has 0 amide bonds. The highest BCUT2D eigenvalue weighted by molar-refractivity contribution is 7.89. The van der Waals surface area contributed by atoms with Crippen molar-refractivity contribution < 1.29 is 17.5 Å². The zero-order valence-electron chi connectivity index (χ0n) is 11.7. The second kappa shape index (κ2) is 6.65. The lowest BCUT2D eigenvalue weighted by Gasteiger charge is -2.15. The van der Waals surface area contributed by atoms with Crippen LogP contribution in [0.4, 0.5) is 4.39 Å². The van der Waals surface area contributed by atoms with E-state index in [0.717, 1.165) is 15.8 Å². The van der Waals surface area contributed by atoms with Gasteiger partial charge in [-0.1, -0.05) is 12.1 Å². The maximum Gasteiger partial charge on any atom is 0.243 e. The molecule has 0 saturated heterocycles. The lowest BCUT2D eigenvalue weighted by molar-refractivity contribution is 0.110. The molecule has 1 N–H and O–H groups in total. The van der Waals surface area contributed by atoms with E-state index in [0.29, 0.717) is 0 Å². The average molecular weight is 329 g/mol. The molecule has 1 unspecified atom stereocenters. The summed E-state index contributed by atoms with van der Waals surface area (Å²) in [6.45, 7) is 2.01. The van der Waals surface area contributed by atoms with Gasteiger partial charge in [-0.3, -0.25) is 0 Å². The van der Waals surface area contributed by atoms with E-state index in [2.05, 4.69) is 4.72 Å². The monoisotopic (exact) mass is 329 g/mol. The number of aryl methyl sites for hydroxylation is 1. The van der Waals surface area contributed by atoms with Crippen molar-refractivity contribution in [2.45, 2.75) is 17.9 Å². The van der Waals surface area contributed by atoms with Crippen LogP contribution in [0.25, 0.3) is 0 Å². The predicted octanol–water partition coefficient (Wildman–Crippen LogP) is 2.86. The number of thiophene rings is 1. The minimum Gasteiger partial charge on any atom is -0.375 e. The summed E-state index contributed by atoms with van der Waals surface area (Å²) in [5, 5.41) is 0. The lowest BCUT2D eigenvalue weighted by atomic mass is 10.3. The lowest BCUT2D eigenvalue weighted by Crippen LogP contribution is -2.29.